The van der Waals surface area contributed by atoms with Crippen LogP contribution in [0.3, 0.4) is 0 Å². The molecule has 0 saturated heterocycles. The molecule has 0 aromatic carbocycles. The highest BCUT2D eigenvalue weighted by Crippen LogP contribution is 2.20. The zero-order valence-corrected chi connectivity index (χ0v) is 9.98. The minimum Gasteiger partial charge on any atom is -0.388 e. The molecule has 0 amide bonds. The van der Waals surface area contributed by atoms with Gasteiger partial charge >= 0.3 is 5.16 Å². The van der Waals surface area contributed by atoms with Crippen LogP contribution in [0.5, 0.6) is 0 Å². The number of thioether (sulfide) groups is 1. The highest BCUT2D eigenvalue weighted by Gasteiger charge is 2.24. The predicted molar refractivity (Wildman–Crippen MR) is 42.3 cm³/mol. The van der Waals surface area contributed by atoms with Crippen LogP contribution in [0.2, 0.25) is 0 Å². The van der Waals surface area contributed by atoms with Gasteiger partial charge in [0.1, 0.15) is 25.0 Å². The molecule has 9 heteroatoms. The molecule has 0 fully saturated rings. The Morgan fingerprint density at radius 3 is 2.62 bits per heavy atom. The molecule has 0 radical (unpaired) electrons. The molecule has 1 aromatic rings. The molecule has 0 aliphatic carbocycles. The Bertz CT molecular complexity index is 347. The van der Waals surface area contributed by atoms with Gasteiger partial charge in [-0.15, -0.1) is 10.2 Å². The topological polar surface area (TPSA) is 121 Å². The second-order valence-electron chi connectivity index (χ2n) is 3.19. The van der Waals surface area contributed by atoms with E-state index < -0.39 is 10.2 Å². The molecule has 1 unspecified atom stereocenters. The third-order valence-electron chi connectivity index (χ3n) is 1.83. The van der Waals surface area contributed by atoms with Gasteiger partial charge in [-0.05, 0) is 11.8 Å². The van der Waals surface area contributed by atoms with Crippen LogP contribution in [0.25, 0.3) is 0 Å². The number of aryl methyl sites for hydroxylation is 1. The highest BCUT2D eigenvalue weighted by atomic mass is 35.7. The molecule has 0 spiro atoms. The first-order valence-corrected chi connectivity index (χ1v) is 6.47. The summed E-state index contributed by atoms with van der Waals surface area (Å²) in [6.45, 7) is 0.739. The monoisotopic (exact) mass is 270 g/mol. The lowest BCUT2D eigenvalue weighted by molar-refractivity contribution is -2.00. The van der Waals surface area contributed by atoms with E-state index in [4.69, 9.17) is 18.6 Å². The van der Waals surface area contributed by atoms with E-state index in [9.17, 15) is 5.11 Å². The summed E-state index contributed by atoms with van der Waals surface area (Å²) < 4.78 is 38.1. The van der Waals surface area contributed by atoms with Crippen LogP contribution < -0.4 is 23.2 Å². The number of hydrogen-bond donors (Lipinski definition) is 1. The second-order valence-corrected chi connectivity index (χ2v) is 4.93. The first kappa shape index (κ1) is 13.7. The Labute approximate surface area is 98.3 Å². The molecule has 16 heavy (non-hydrogen) atoms. The summed E-state index contributed by atoms with van der Waals surface area (Å²) in [5, 5.41) is 10.5. The van der Waals surface area contributed by atoms with Crippen LogP contribution >= 0.6 is 11.8 Å². The molecule has 0 bridgehead atoms. The average Bonchev–Trinajstić information content (AvgIpc) is 2.44. The number of aliphatic hydroxyl groups is 1. The number of rotatable bonds is 0. The zero-order chi connectivity index (χ0) is 12.3. The van der Waals surface area contributed by atoms with E-state index in [1.807, 2.05) is 19.4 Å². The van der Waals surface area contributed by atoms with Crippen molar-refractivity contribution in [1.29, 1.82) is 0 Å². The maximum atomic E-state index is 9.31. The first-order chi connectivity index (χ1) is 7.27. The molecule has 1 N–H and O–H groups in total. The van der Waals surface area contributed by atoms with Crippen LogP contribution in [0.4, 0.5) is 0 Å². The number of hydrogen-bond acceptors (Lipinski definition) is 6. The molecular weight excluding hydrogens is 260 g/mol. The number of nitrogens with zero attached hydrogens (tertiary/aromatic N) is 2. The first-order valence-electron chi connectivity index (χ1n) is 4.25. The summed E-state index contributed by atoms with van der Waals surface area (Å²) >= 11 is 1.71. The van der Waals surface area contributed by atoms with Gasteiger partial charge in [0.25, 0.3) is 0 Å². The van der Waals surface area contributed by atoms with Crippen molar-refractivity contribution in [3.63, 3.8) is 0 Å². The van der Waals surface area contributed by atoms with Crippen LogP contribution in [0, 0.1) is 10.2 Å². The van der Waals surface area contributed by atoms with Crippen LogP contribution in [-0.2, 0) is 13.6 Å². The van der Waals surface area contributed by atoms with Crippen molar-refractivity contribution in [2.45, 2.75) is 17.8 Å². The standard InChI is InChI=1S/C7H11N2OS.ClHO4/c1-8-2-3-9-4-6(10)5-11-7(8)9;2-1(3,4)5/h2-3,6,10H,4-5H2,1H3;(H,2,3,4,5)/q+1;/p-1. The second kappa shape index (κ2) is 5.32. The van der Waals surface area contributed by atoms with Crippen molar-refractivity contribution in [3.05, 3.63) is 12.4 Å². The summed E-state index contributed by atoms with van der Waals surface area (Å²) in [7, 11) is -2.92. The average molecular weight is 271 g/mol. The largest absolute Gasteiger partial charge is 0.388 e. The Hall–Kier alpha value is -0.350. The van der Waals surface area contributed by atoms with E-state index in [2.05, 4.69) is 9.13 Å². The lowest BCUT2D eigenvalue weighted by Gasteiger charge is -2.17. The van der Waals surface area contributed by atoms with E-state index in [1.165, 1.54) is 5.16 Å². The molecule has 1 aliphatic heterocycles. The maximum absolute atomic E-state index is 9.31. The molecule has 7 nitrogen and oxygen atoms in total. The Morgan fingerprint density at radius 1 is 1.50 bits per heavy atom. The number of imidazole rings is 1. The van der Waals surface area contributed by atoms with Gasteiger partial charge < -0.3 is 5.11 Å². The lowest BCUT2D eigenvalue weighted by Crippen LogP contribution is -2.68. The summed E-state index contributed by atoms with van der Waals surface area (Å²) in [5.74, 6) is 0.817. The molecule has 1 aliphatic rings. The fraction of sp³-hybridized carbons (Fsp3) is 0.571. The lowest BCUT2D eigenvalue weighted by atomic mass is 10.4. The Balaban J connectivity index is 0.000000221. The van der Waals surface area contributed by atoms with E-state index in [-0.39, 0.29) is 6.10 Å². The fourth-order valence-corrected chi connectivity index (χ4v) is 2.30. The van der Waals surface area contributed by atoms with Crippen LogP contribution in [0.15, 0.2) is 17.6 Å². The third-order valence-corrected chi connectivity index (χ3v) is 3.16. The van der Waals surface area contributed by atoms with Crippen LogP contribution in [0.1, 0.15) is 0 Å². The third kappa shape index (κ3) is 4.66. The molecule has 1 aromatic heterocycles. The smallest absolute Gasteiger partial charge is 0.317 e. The number of aliphatic hydroxyl groups excluding tert-OH is 1. The van der Waals surface area contributed by atoms with Crippen molar-refractivity contribution < 1.29 is 38.6 Å². The van der Waals surface area contributed by atoms with Gasteiger partial charge in [0.05, 0.1) is 7.05 Å². The van der Waals surface area contributed by atoms with E-state index in [0.717, 1.165) is 12.3 Å². The molecule has 1 atom stereocenters. The Morgan fingerprint density at radius 2 is 2.06 bits per heavy atom. The number of fused-ring (bicyclic) bond motifs is 1. The van der Waals surface area contributed by atoms with Gasteiger partial charge in [0, 0.05) is 5.75 Å². The SMILES string of the molecule is C[n+]1ccn2c1SCC(O)C2.[O-][Cl+3]([O-])([O-])[O-]. The van der Waals surface area contributed by atoms with Crippen LogP contribution in [-0.4, -0.2) is 21.5 Å². The van der Waals surface area contributed by atoms with Crippen molar-refractivity contribution in [3.8, 4) is 0 Å². The zero-order valence-electron chi connectivity index (χ0n) is 8.41. The van der Waals surface area contributed by atoms with E-state index in [0.29, 0.717) is 0 Å². The quantitative estimate of drug-likeness (QED) is 0.471. The number of aromatic nitrogens is 2. The van der Waals surface area contributed by atoms with Gasteiger partial charge in [-0.2, -0.15) is 0 Å². The molecule has 2 heterocycles. The van der Waals surface area contributed by atoms with Gasteiger partial charge in [-0.25, -0.2) is 27.8 Å². The highest BCUT2D eigenvalue weighted by molar-refractivity contribution is 7.99. The van der Waals surface area contributed by atoms with E-state index >= 15 is 0 Å². The maximum Gasteiger partial charge on any atom is 0.317 e. The molecule has 92 valence electrons. The van der Waals surface area contributed by atoms with Gasteiger partial charge in [0.15, 0.2) is 0 Å². The molecule has 0 saturated carbocycles. The van der Waals surface area contributed by atoms with Crippen molar-refractivity contribution >= 4 is 11.8 Å². The predicted octanol–water partition coefficient (Wildman–Crippen LogP) is -4.98. The van der Waals surface area contributed by atoms with Crippen molar-refractivity contribution in [1.82, 2.24) is 4.57 Å². The van der Waals surface area contributed by atoms with Gasteiger partial charge in [-0.3, -0.25) is 0 Å². The summed E-state index contributed by atoms with van der Waals surface area (Å²) in [6.07, 6.45) is 3.84. The molecular formula is C7H11ClN2O5S. The summed E-state index contributed by atoms with van der Waals surface area (Å²) in [4.78, 5) is 0. The van der Waals surface area contributed by atoms with Gasteiger partial charge in [0.2, 0.25) is 0 Å². The summed E-state index contributed by atoms with van der Waals surface area (Å²) in [5.41, 5.74) is 0. The minimum absolute atomic E-state index is 0.181. The fourth-order valence-electron chi connectivity index (χ4n) is 1.28. The van der Waals surface area contributed by atoms with Gasteiger partial charge in [-0.1, -0.05) is 0 Å². The number of halogens is 1. The molecule has 2 rings (SSSR count). The summed E-state index contributed by atoms with van der Waals surface area (Å²) in [6, 6.07) is 0. The van der Waals surface area contributed by atoms with Crippen molar-refractivity contribution in [2.24, 2.45) is 7.05 Å². The normalized spacial score (nSPS) is 19.8. The van der Waals surface area contributed by atoms with Crippen molar-refractivity contribution in [2.75, 3.05) is 5.75 Å². The van der Waals surface area contributed by atoms with E-state index in [1.54, 1.807) is 11.8 Å². The minimum atomic E-state index is -4.94. The Kier molecular flexibility index (Phi) is 4.56.